The molecule has 1 saturated heterocycles. The third-order valence-corrected chi connectivity index (χ3v) is 5.74. The van der Waals surface area contributed by atoms with Crippen molar-refractivity contribution in [2.45, 2.75) is 32.2 Å². The van der Waals surface area contributed by atoms with Gasteiger partial charge in [-0.25, -0.2) is 0 Å². The summed E-state index contributed by atoms with van der Waals surface area (Å²) >= 11 is 6.45. The van der Waals surface area contributed by atoms with E-state index in [-0.39, 0.29) is 12.7 Å². The highest BCUT2D eigenvalue weighted by molar-refractivity contribution is 6.31. The predicted molar refractivity (Wildman–Crippen MR) is 107 cm³/mol. The van der Waals surface area contributed by atoms with Gasteiger partial charge in [0.05, 0.1) is 11.5 Å². The molecule has 0 radical (unpaired) electrons. The minimum absolute atomic E-state index is 0.205. The molecule has 7 nitrogen and oxygen atoms in total. The molecule has 8 heteroatoms. The van der Waals surface area contributed by atoms with Crippen molar-refractivity contribution in [3.8, 4) is 23.0 Å². The van der Waals surface area contributed by atoms with Crippen LogP contribution in [0.1, 0.15) is 35.9 Å². The van der Waals surface area contributed by atoms with Gasteiger partial charge in [-0.05, 0) is 50.1 Å². The van der Waals surface area contributed by atoms with Crippen LogP contribution >= 0.6 is 11.6 Å². The Morgan fingerprint density at radius 1 is 1.17 bits per heavy atom. The van der Waals surface area contributed by atoms with Crippen LogP contribution in [0.25, 0.3) is 11.5 Å². The highest BCUT2D eigenvalue weighted by atomic mass is 35.5. The Balaban J connectivity index is 1.29. The number of aromatic nitrogens is 3. The minimum atomic E-state index is 0.205. The van der Waals surface area contributed by atoms with E-state index >= 15 is 0 Å². The molecule has 0 bridgehead atoms. The fraction of sp³-hybridized carbons (Fsp3) is 0.381. The molecule has 1 aromatic carbocycles. The summed E-state index contributed by atoms with van der Waals surface area (Å²) in [5.74, 6) is 2.87. The van der Waals surface area contributed by atoms with Crippen LogP contribution < -0.4 is 9.47 Å². The normalized spacial score (nSPS) is 18.9. The molecule has 2 aromatic heterocycles. The number of nitrogens with zero attached hydrogens (tertiary/aromatic N) is 4. The standard InChI is InChI=1S/C21H21ClN4O3/c1-13-4-5-14(9-23-13)20-24-25-21(29-20)15-3-2-6-26(10-15)11-16-7-18-19(8-17(16)22)28-12-27-18/h4-5,7-9,15H,2-3,6,10-12H2,1H3. The molecule has 29 heavy (non-hydrogen) atoms. The zero-order valence-electron chi connectivity index (χ0n) is 16.1. The van der Waals surface area contributed by atoms with Crippen LogP contribution in [0.2, 0.25) is 5.02 Å². The summed E-state index contributed by atoms with van der Waals surface area (Å²) in [5.41, 5.74) is 2.83. The van der Waals surface area contributed by atoms with Crippen LogP contribution in [-0.2, 0) is 6.54 Å². The number of ether oxygens (including phenoxy) is 2. The van der Waals surface area contributed by atoms with E-state index in [1.165, 1.54) is 0 Å². The summed E-state index contributed by atoms with van der Waals surface area (Å²) < 4.78 is 16.9. The predicted octanol–water partition coefficient (Wildman–Crippen LogP) is 4.20. The third kappa shape index (κ3) is 3.80. The average Bonchev–Trinajstić information content (AvgIpc) is 3.39. The van der Waals surface area contributed by atoms with E-state index in [0.29, 0.717) is 22.6 Å². The van der Waals surface area contributed by atoms with Crippen molar-refractivity contribution in [1.29, 1.82) is 0 Å². The van der Waals surface area contributed by atoms with Gasteiger partial charge in [0.15, 0.2) is 11.5 Å². The first-order valence-electron chi connectivity index (χ1n) is 9.72. The molecule has 5 rings (SSSR count). The molecule has 1 unspecified atom stereocenters. The summed E-state index contributed by atoms with van der Waals surface area (Å²) in [5, 5.41) is 9.24. The molecule has 2 aliphatic rings. The first-order valence-corrected chi connectivity index (χ1v) is 10.1. The maximum Gasteiger partial charge on any atom is 0.249 e. The number of likely N-dealkylation sites (tertiary alicyclic amines) is 1. The number of halogens is 1. The molecule has 3 aromatic rings. The Hall–Kier alpha value is -2.64. The van der Waals surface area contributed by atoms with Crippen LogP contribution in [0, 0.1) is 6.92 Å². The second-order valence-electron chi connectivity index (χ2n) is 7.50. The lowest BCUT2D eigenvalue weighted by atomic mass is 9.97. The summed E-state index contributed by atoms with van der Waals surface area (Å²) in [4.78, 5) is 6.67. The molecular weight excluding hydrogens is 392 g/mol. The van der Waals surface area contributed by atoms with Gasteiger partial charge in [0.1, 0.15) is 0 Å². The van der Waals surface area contributed by atoms with Crippen molar-refractivity contribution in [3.63, 3.8) is 0 Å². The largest absolute Gasteiger partial charge is 0.454 e. The van der Waals surface area contributed by atoms with Gasteiger partial charge in [0.25, 0.3) is 0 Å². The van der Waals surface area contributed by atoms with Gasteiger partial charge in [-0.15, -0.1) is 10.2 Å². The van der Waals surface area contributed by atoms with Crippen LogP contribution in [0.15, 0.2) is 34.9 Å². The number of aryl methyl sites for hydroxylation is 1. The maximum atomic E-state index is 6.45. The summed E-state index contributed by atoms with van der Waals surface area (Å²) in [6.07, 6.45) is 3.86. The molecule has 4 heterocycles. The smallest absolute Gasteiger partial charge is 0.249 e. The van der Waals surface area contributed by atoms with Crippen molar-refractivity contribution >= 4 is 11.6 Å². The van der Waals surface area contributed by atoms with Crippen molar-refractivity contribution in [3.05, 3.63) is 52.6 Å². The minimum Gasteiger partial charge on any atom is -0.454 e. The van der Waals surface area contributed by atoms with Gasteiger partial charge >= 0.3 is 0 Å². The van der Waals surface area contributed by atoms with Crippen LogP contribution in [0.3, 0.4) is 0 Å². The average molecular weight is 413 g/mol. The first-order chi connectivity index (χ1) is 14.2. The SMILES string of the molecule is Cc1ccc(-c2nnc(C3CCCN(Cc4cc5c(cc4Cl)OCO5)C3)o2)cn1. The fourth-order valence-electron chi connectivity index (χ4n) is 3.83. The van der Waals surface area contributed by atoms with E-state index in [9.17, 15) is 0 Å². The van der Waals surface area contributed by atoms with Gasteiger partial charge in [-0.1, -0.05) is 11.6 Å². The second kappa shape index (κ2) is 7.65. The Morgan fingerprint density at radius 3 is 2.86 bits per heavy atom. The fourth-order valence-corrected chi connectivity index (χ4v) is 4.05. The molecule has 0 amide bonds. The lowest BCUT2D eigenvalue weighted by Crippen LogP contribution is -2.34. The molecule has 0 spiro atoms. The highest BCUT2D eigenvalue weighted by Gasteiger charge is 2.27. The molecule has 0 saturated carbocycles. The van der Waals surface area contributed by atoms with Crippen LogP contribution in [0.4, 0.5) is 0 Å². The van der Waals surface area contributed by atoms with Gasteiger partial charge in [0.2, 0.25) is 18.6 Å². The molecule has 0 N–H and O–H groups in total. The molecule has 0 aliphatic carbocycles. The van der Waals surface area contributed by atoms with Gasteiger partial charge in [-0.3, -0.25) is 9.88 Å². The quantitative estimate of drug-likeness (QED) is 0.635. The van der Waals surface area contributed by atoms with Crippen molar-refractivity contribution in [1.82, 2.24) is 20.1 Å². The van der Waals surface area contributed by atoms with E-state index in [0.717, 1.165) is 55.0 Å². The number of pyridine rings is 1. The molecule has 1 atom stereocenters. The van der Waals surface area contributed by atoms with Crippen molar-refractivity contribution in [2.75, 3.05) is 19.9 Å². The summed E-state index contributed by atoms with van der Waals surface area (Å²) in [6.45, 7) is 4.79. The maximum absolute atomic E-state index is 6.45. The lowest BCUT2D eigenvalue weighted by Gasteiger charge is -2.31. The number of hydrogen-bond donors (Lipinski definition) is 0. The monoisotopic (exact) mass is 412 g/mol. The van der Waals surface area contributed by atoms with E-state index in [1.807, 2.05) is 31.2 Å². The Labute approximate surface area is 173 Å². The topological polar surface area (TPSA) is 73.5 Å². The third-order valence-electron chi connectivity index (χ3n) is 5.39. The number of fused-ring (bicyclic) bond motifs is 1. The Bertz CT molecular complexity index is 1020. The number of hydrogen-bond acceptors (Lipinski definition) is 7. The van der Waals surface area contributed by atoms with E-state index in [2.05, 4.69) is 20.1 Å². The Kier molecular flexibility index (Phi) is 4.85. The van der Waals surface area contributed by atoms with Crippen molar-refractivity contribution < 1.29 is 13.9 Å². The van der Waals surface area contributed by atoms with Crippen molar-refractivity contribution in [2.24, 2.45) is 0 Å². The summed E-state index contributed by atoms with van der Waals surface area (Å²) in [6, 6.07) is 7.70. The zero-order chi connectivity index (χ0) is 19.8. The number of rotatable bonds is 4. The highest BCUT2D eigenvalue weighted by Crippen LogP contribution is 2.38. The van der Waals surface area contributed by atoms with Gasteiger partial charge in [-0.2, -0.15) is 0 Å². The van der Waals surface area contributed by atoms with E-state index in [4.69, 9.17) is 25.5 Å². The summed E-state index contributed by atoms with van der Waals surface area (Å²) in [7, 11) is 0. The molecular formula is C21H21ClN4O3. The number of piperidine rings is 1. The molecule has 150 valence electrons. The molecule has 1 fully saturated rings. The second-order valence-corrected chi connectivity index (χ2v) is 7.91. The van der Waals surface area contributed by atoms with E-state index in [1.54, 1.807) is 6.20 Å². The number of benzene rings is 1. The molecule has 2 aliphatic heterocycles. The first kappa shape index (κ1) is 18.4. The van der Waals surface area contributed by atoms with E-state index < -0.39 is 0 Å². The van der Waals surface area contributed by atoms with Crippen LogP contribution in [0.5, 0.6) is 11.5 Å². The Morgan fingerprint density at radius 2 is 2.03 bits per heavy atom. The zero-order valence-corrected chi connectivity index (χ0v) is 16.9. The van der Waals surface area contributed by atoms with Crippen LogP contribution in [-0.4, -0.2) is 40.0 Å². The lowest BCUT2D eigenvalue weighted by molar-refractivity contribution is 0.173. The van der Waals surface area contributed by atoms with Gasteiger partial charge < -0.3 is 13.9 Å². The van der Waals surface area contributed by atoms with Gasteiger partial charge in [0, 0.05) is 36.1 Å².